The maximum Gasteiger partial charge on any atom is 0.237 e. The van der Waals surface area contributed by atoms with E-state index in [1.54, 1.807) is 6.92 Å². The van der Waals surface area contributed by atoms with Crippen molar-refractivity contribution < 1.29 is 19.4 Å². The van der Waals surface area contributed by atoms with Crippen LogP contribution in [0, 0.1) is 0 Å². The number of hydrogen-bond acceptors (Lipinski definition) is 5. The molecule has 3 N–H and O–H groups in total. The number of carbonyl (C=O) groups excluding carboxylic acids is 1. The third kappa shape index (κ3) is 10.9. The summed E-state index contributed by atoms with van der Waals surface area (Å²) in [5, 5.41) is 15.4. The van der Waals surface area contributed by atoms with E-state index in [4.69, 9.17) is 9.47 Å². The molecule has 6 nitrogen and oxygen atoms in total. The van der Waals surface area contributed by atoms with E-state index < -0.39 is 6.10 Å². The molecule has 0 rings (SSSR count). The largest absolute Gasteiger partial charge is 0.389 e. The van der Waals surface area contributed by atoms with Crippen molar-refractivity contribution in [3.8, 4) is 0 Å². The van der Waals surface area contributed by atoms with Crippen molar-refractivity contribution in [2.24, 2.45) is 0 Å². The highest BCUT2D eigenvalue weighted by molar-refractivity contribution is 5.81. The molecule has 114 valence electrons. The lowest BCUT2D eigenvalue weighted by Gasteiger charge is -2.18. The zero-order chi connectivity index (χ0) is 14.7. The number of aliphatic hydroxyl groups is 1. The highest BCUT2D eigenvalue weighted by Crippen LogP contribution is 1.89. The van der Waals surface area contributed by atoms with Crippen molar-refractivity contribution in [2.45, 2.75) is 45.9 Å². The Balaban J connectivity index is 3.60. The molecular formula is C13H28N2O4. The molecule has 0 aliphatic carbocycles. The Labute approximate surface area is 115 Å². The van der Waals surface area contributed by atoms with Crippen LogP contribution in [0.4, 0.5) is 0 Å². The van der Waals surface area contributed by atoms with Gasteiger partial charge < -0.3 is 25.2 Å². The van der Waals surface area contributed by atoms with E-state index in [9.17, 15) is 9.90 Å². The van der Waals surface area contributed by atoms with E-state index in [0.717, 1.165) is 0 Å². The highest BCUT2D eigenvalue weighted by Gasteiger charge is 2.14. The Hall–Kier alpha value is -0.690. The smallest absolute Gasteiger partial charge is 0.237 e. The number of carbonyl (C=O) groups is 1. The lowest BCUT2D eigenvalue weighted by molar-refractivity contribution is -0.123. The van der Waals surface area contributed by atoms with Gasteiger partial charge in [0.05, 0.1) is 32.0 Å². The van der Waals surface area contributed by atoms with Crippen LogP contribution >= 0.6 is 0 Å². The standard InChI is InChI=1S/C13H28N2O4/c1-5-18-6-7-19-9-12(16)8-14-11(4)13(17)15-10(2)3/h10-12,14,16H,5-9H2,1-4H3,(H,15,17). The van der Waals surface area contributed by atoms with Gasteiger partial charge in [0.25, 0.3) is 0 Å². The molecule has 1 amide bonds. The minimum atomic E-state index is -0.629. The summed E-state index contributed by atoms with van der Waals surface area (Å²) in [6.07, 6.45) is -0.629. The van der Waals surface area contributed by atoms with E-state index in [-0.39, 0.29) is 24.6 Å². The van der Waals surface area contributed by atoms with Crippen LogP contribution in [0.2, 0.25) is 0 Å². The third-order valence-electron chi connectivity index (χ3n) is 2.37. The zero-order valence-electron chi connectivity index (χ0n) is 12.4. The van der Waals surface area contributed by atoms with Crippen LogP contribution in [0.5, 0.6) is 0 Å². The van der Waals surface area contributed by atoms with Gasteiger partial charge in [-0.05, 0) is 27.7 Å². The maximum atomic E-state index is 11.6. The fourth-order valence-electron chi connectivity index (χ4n) is 1.36. The molecule has 0 aromatic rings. The number of rotatable bonds is 11. The van der Waals surface area contributed by atoms with Gasteiger partial charge in [0.2, 0.25) is 5.91 Å². The summed E-state index contributed by atoms with van der Waals surface area (Å²) >= 11 is 0. The number of nitrogens with one attached hydrogen (secondary N) is 2. The summed E-state index contributed by atoms with van der Waals surface area (Å²) in [5.74, 6) is -0.0699. The molecule has 0 heterocycles. The highest BCUT2D eigenvalue weighted by atomic mass is 16.5. The quantitative estimate of drug-likeness (QED) is 0.459. The van der Waals surface area contributed by atoms with Crippen LogP contribution in [0.15, 0.2) is 0 Å². The first-order valence-corrected chi connectivity index (χ1v) is 6.84. The lowest BCUT2D eigenvalue weighted by atomic mass is 10.2. The Bertz CT molecular complexity index is 237. The lowest BCUT2D eigenvalue weighted by Crippen LogP contribution is -2.47. The maximum absolute atomic E-state index is 11.6. The van der Waals surface area contributed by atoms with Crippen LogP contribution in [0.25, 0.3) is 0 Å². The molecule has 19 heavy (non-hydrogen) atoms. The van der Waals surface area contributed by atoms with Gasteiger partial charge >= 0.3 is 0 Å². The first kappa shape index (κ1) is 18.3. The summed E-state index contributed by atoms with van der Waals surface area (Å²) < 4.78 is 10.3. The summed E-state index contributed by atoms with van der Waals surface area (Å²) in [6, 6.07) is -0.218. The fraction of sp³-hybridized carbons (Fsp3) is 0.923. The molecule has 0 spiro atoms. The summed E-state index contributed by atoms with van der Waals surface area (Å²) in [6.45, 7) is 9.72. The van der Waals surface area contributed by atoms with Gasteiger partial charge in [-0.2, -0.15) is 0 Å². The minimum absolute atomic E-state index is 0.0699. The molecule has 0 bridgehead atoms. The number of hydrogen-bond donors (Lipinski definition) is 3. The number of aliphatic hydroxyl groups excluding tert-OH is 1. The van der Waals surface area contributed by atoms with Crippen LogP contribution in [0.1, 0.15) is 27.7 Å². The molecule has 2 unspecified atom stereocenters. The molecule has 6 heteroatoms. The second kappa shape index (κ2) is 11.2. The molecular weight excluding hydrogens is 248 g/mol. The minimum Gasteiger partial charge on any atom is -0.389 e. The summed E-state index contributed by atoms with van der Waals surface area (Å²) in [7, 11) is 0. The van der Waals surface area contributed by atoms with Gasteiger partial charge in [-0.1, -0.05) is 0 Å². The van der Waals surface area contributed by atoms with Crippen molar-refractivity contribution in [2.75, 3.05) is 33.0 Å². The van der Waals surface area contributed by atoms with Gasteiger partial charge in [-0.3, -0.25) is 4.79 Å². The van der Waals surface area contributed by atoms with E-state index in [1.807, 2.05) is 20.8 Å². The first-order valence-electron chi connectivity index (χ1n) is 6.84. The van der Waals surface area contributed by atoms with Gasteiger partial charge in [0, 0.05) is 19.2 Å². The van der Waals surface area contributed by atoms with Crippen molar-refractivity contribution in [1.82, 2.24) is 10.6 Å². The second-order valence-corrected chi connectivity index (χ2v) is 4.72. The molecule has 0 aliphatic heterocycles. The molecule has 0 aromatic heterocycles. The van der Waals surface area contributed by atoms with E-state index in [2.05, 4.69) is 10.6 Å². The molecule has 2 atom stereocenters. The summed E-state index contributed by atoms with van der Waals surface area (Å²) in [4.78, 5) is 11.6. The van der Waals surface area contributed by atoms with E-state index in [1.165, 1.54) is 0 Å². The number of ether oxygens (including phenoxy) is 2. The predicted molar refractivity (Wildman–Crippen MR) is 74.1 cm³/mol. The SMILES string of the molecule is CCOCCOCC(O)CNC(C)C(=O)NC(C)C. The average molecular weight is 276 g/mol. The van der Waals surface area contributed by atoms with Crippen LogP contribution in [-0.4, -0.2) is 62.2 Å². The summed E-state index contributed by atoms with van der Waals surface area (Å²) in [5.41, 5.74) is 0. The predicted octanol–water partition coefficient (Wildman–Crippen LogP) is -0.0969. The molecule has 0 saturated carbocycles. The zero-order valence-corrected chi connectivity index (χ0v) is 12.4. The van der Waals surface area contributed by atoms with Gasteiger partial charge in [0.15, 0.2) is 0 Å². The van der Waals surface area contributed by atoms with Gasteiger partial charge in [-0.25, -0.2) is 0 Å². The molecule has 0 radical (unpaired) electrons. The fourth-order valence-corrected chi connectivity index (χ4v) is 1.36. The molecule has 0 fully saturated rings. The Morgan fingerprint density at radius 3 is 2.42 bits per heavy atom. The van der Waals surface area contributed by atoms with Crippen molar-refractivity contribution in [3.63, 3.8) is 0 Å². The van der Waals surface area contributed by atoms with Crippen molar-refractivity contribution in [1.29, 1.82) is 0 Å². The third-order valence-corrected chi connectivity index (χ3v) is 2.37. The topological polar surface area (TPSA) is 79.8 Å². The average Bonchev–Trinajstić information content (AvgIpc) is 2.34. The second-order valence-electron chi connectivity index (χ2n) is 4.72. The van der Waals surface area contributed by atoms with Crippen LogP contribution in [-0.2, 0) is 14.3 Å². The van der Waals surface area contributed by atoms with Crippen molar-refractivity contribution >= 4 is 5.91 Å². The van der Waals surface area contributed by atoms with Gasteiger partial charge in [-0.15, -0.1) is 0 Å². The Morgan fingerprint density at radius 2 is 1.84 bits per heavy atom. The molecule has 0 aromatic carbocycles. The molecule has 0 saturated heterocycles. The van der Waals surface area contributed by atoms with Gasteiger partial charge in [0.1, 0.15) is 0 Å². The first-order chi connectivity index (χ1) is 8.97. The van der Waals surface area contributed by atoms with E-state index >= 15 is 0 Å². The molecule has 0 aliphatic rings. The normalized spacial score (nSPS) is 14.4. The van der Waals surface area contributed by atoms with Crippen molar-refractivity contribution in [3.05, 3.63) is 0 Å². The monoisotopic (exact) mass is 276 g/mol. The Morgan fingerprint density at radius 1 is 1.21 bits per heavy atom. The Kier molecular flexibility index (Phi) is 10.8. The van der Waals surface area contributed by atoms with Crippen LogP contribution in [0.3, 0.4) is 0 Å². The van der Waals surface area contributed by atoms with Crippen LogP contribution < -0.4 is 10.6 Å². The number of amides is 1. The van der Waals surface area contributed by atoms with E-state index in [0.29, 0.717) is 26.4 Å².